The molecule has 1 aromatic carbocycles. The molecule has 4 aromatic rings. The summed E-state index contributed by atoms with van der Waals surface area (Å²) in [6.07, 6.45) is 6.31. The third kappa shape index (κ3) is 4.18. The highest BCUT2D eigenvalue weighted by Crippen LogP contribution is 2.29. The van der Waals surface area contributed by atoms with Crippen molar-refractivity contribution in [1.29, 1.82) is 0 Å². The van der Waals surface area contributed by atoms with Gasteiger partial charge in [0.1, 0.15) is 5.69 Å². The number of hydrogen-bond donors (Lipinski definition) is 1. The van der Waals surface area contributed by atoms with Crippen molar-refractivity contribution in [2.75, 3.05) is 0 Å². The molecule has 1 saturated carbocycles. The van der Waals surface area contributed by atoms with Gasteiger partial charge in [0.15, 0.2) is 5.78 Å². The van der Waals surface area contributed by atoms with Crippen molar-refractivity contribution >= 4 is 22.6 Å². The average molecular weight is 432 g/mol. The van der Waals surface area contributed by atoms with E-state index in [1.54, 1.807) is 22.0 Å². The maximum absolute atomic E-state index is 13.1. The third-order valence-electron chi connectivity index (χ3n) is 6.30. The number of carbonyl (C=O) groups is 1. The zero-order chi connectivity index (χ0) is 21.2. The molecule has 3 heterocycles. The van der Waals surface area contributed by atoms with Crippen molar-refractivity contribution in [2.24, 2.45) is 5.92 Å². The summed E-state index contributed by atoms with van der Waals surface area (Å²) in [4.78, 5) is 17.5. The van der Waals surface area contributed by atoms with E-state index in [0.717, 1.165) is 54.4 Å². The van der Waals surface area contributed by atoms with Gasteiger partial charge in [-0.25, -0.2) is 9.50 Å². The molecule has 0 bridgehead atoms. The Balaban J connectivity index is 1.40. The Labute approximate surface area is 185 Å². The predicted molar refractivity (Wildman–Crippen MR) is 122 cm³/mol. The minimum absolute atomic E-state index is 0.0530. The van der Waals surface area contributed by atoms with Crippen LogP contribution in [-0.4, -0.2) is 31.6 Å². The highest BCUT2D eigenvalue weighted by atomic mass is 32.1. The molecule has 0 saturated heterocycles. The molecule has 158 valence electrons. The van der Waals surface area contributed by atoms with E-state index in [4.69, 9.17) is 0 Å². The number of aliphatic hydroxyl groups is 1. The number of carbonyl (C=O) groups excluding carboxylic acids is 1. The van der Waals surface area contributed by atoms with Gasteiger partial charge in [-0.3, -0.25) is 4.79 Å². The number of ketones is 1. The quantitative estimate of drug-likeness (QED) is 0.428. The molecule has 0 radical (unpaired) electrons. The van der Waals surface area contributed by atoms with Gasteiger partial charge < -0.3 is 5.11 Å². The summed E-state index contributed by atoms with van der Waals surface area (Å²) >= 11 is 1.59. The van der Waals surface area contributed by atoms with E-state index in [1.807, 2.05) is 29.1 Å². The van der Waals surface area contributed by atoms with Gasteiger partial charge in [0, 0.05) is 23.6 Å². The van der Waals surface area contributed by atoms with Crippen molar-refractivity contribution in [2.45, 2.75) is 44.6 Å². The molecule has 0 spiro atoms. The van der Waals surface area contributed by atoms with Crippen molar-refractivity contribution in [1.82, 2.24) is 14.6 Å². The Morgan fingerprint density at radius 1 is 1.16 bits per heavy atom. The van der Waals surface area contributed by atoms with E-state index >= 15 is 0 Å². The summed E-state index contributed by atoms with van der Waals surface area (Å²) in [5.74, 6) is 0.113. The molecule has 0 amide bonds. The van der Waals surface area contributed by atoms with E-state index in [9.17, 15) is 9.90 Å². The maximum Gasteiger partial charge on any atom is 0.181 e. The summed E-state index contributed by atoms with van der Waals surface area (Å²) in [6, 6.07) is 14.3. The zero-order valence-electron chi connectivity index (χ0n) is 17.3. The molecule has 1 N–H and O–H groups in total. The second kappa shape index (κ2) is 8.73. The smallest absolute Gasteiger partial charge is 0.181 e. The van der Waals surface area contributed by atoms with Gasteiger partial charge in [-0.05, 0) is 54.5 Å². The van der Waals surface area contributed by atoms with Crippen LogP contribution in [0.4, 0.5) is 0 Å². The van der Waals surface area contributed by atoms with E-state index in [0.29, 0.717) is 12.1 Å². The molecule has 6 heteroatoms. The first-order valence-corrected chi connectivity index (χ1v) is 11.8. The molecule has 31 heavy (non-hydrogen) atoms. The molecule has 1 aliphatic rings. The van der Waals surface area contributed by atoms with E-state index in [1.165, 1.54) is 5.56 Å². The average Bonchev–Trinajstić information content (AvgIpc) is 3.45. The number of aromatic nitrogens is 3. The lowest BCUT2D eigenvalue weighted by atomic mass is 9.83. The number of Topliss-reactive ketones (excluding diaryl/α,β-unsaturated/α-hetero) is 1. The standard InChI is InChI=1S/C25H25N3O2S/c29-24-6-2-1-4-19(24)14-25(30)23-13-20(22-5-3-11-27-28(22)23)12-17-7-9-18(10-8-17)21-15-31-16-26-21/h3,5,7-11,13,15-16,19,24,29H,1-2,4,6,12,14H2/t19-,24+/m1/s1. The Bertz CT molecular complexity index is 1180. The molecule has 3 aromatic heterocycles. The van der Waals surface area contributed by atoms with Crippen molar-refractivity contribution in [3.8, 4) is 11.3 Å². The summed E-state index contributed by atoms with van der Waals surface area (Å²) in [5.41, 5.74) is 7.78. The van der Waals surface area contributed by atoms with Crippen molar-refractivity contribution in [3.05, 3.63) is 76.4 Å². The van der Waals surface area contributed by atoms with Crippen LogP contribution < -0.4 is 0 Å². The first-order chi connectivity index (χ1) is 15.2. The fraction of sp³-hybridized carbons (Fsp3) is 0.320. The number of hydrogen-bond acceptors (Lipinski definition) is 5. The van der Waals surface area contributed by atoms with Gasteiger partial charge in [-0.1, -0.05) is 37.1 Å². The molecule has 1 fully saturated rings. The minimum atomic E-state index is -0.368. The van der Waals surface area contributed by atoms with Crippen LogP contribution in [0, 0.1) is 5.92 Å². The second-order valence-corrected chi connectivity index (χ2v) is 9.08. The molecule has 0 unspecified atom stereocenters. The Kier molecular flexibility index (Phi) is 5.66. The molecule has 0 aliphatic heterocycles. The van der Waals surface area contributed by atoms with Crippen LogP contribution in [-0.2, 0) is 6.42 Å². The Hall–Kier alpha value is -2.83. The van der Waals surface area contributed by atoms with Gasteiger partial charge >= 0.3 is 0 Å². The lowest BCUT2D eigenvalue weighted by Crippen LogP contribution is -2.27. The Morgan fingerprint density at radius 2 is 2.00 bits per heavy atom. The lowest BCUT2D eigenvalue weighted by molar-refractivity contribution is 0.0580. The van der Waals surface area contributed by atoms with Gasteiger partial charge in [0.05, 0.1) is 22.8 Å². The number of aliphatic hydroxyl groups excluding tert-OH is 1. The van der Waals surface area contributed by atoms with Gasteiger partial charge in [-0.15, -0.1) is 11.3 Å². The second-order valence-electron chi connectivity index (χ2n) is 8.36. The van der Waals surface area contributed by atoms with Gasteiger partial charge in [0.25, 0.3) is 0 Å². The number of fused-ring (bicyclic) bond motifs is 1. The van der Waals surface area contributed by atoms with Crippen LogP contribution in [0.25, 0.3) is 16.8 Å². The topological polar surface area (TPSA) is 67.5 Å². The van der Waals surface area contributed by atoms with Crippen molar-refractivity contribution < 1.29 is 9.90 Å². The normalized spacial score (nSPS) is 19.0. The maximum atomic E-state index is 13.1. The fourth-order valence-electron chi connectivity index (χ4n) is 4.58. The summed E-state index contributed by atoms with van der Waals surface area (Å²) in [6.45, 7) is 0. The van der Waals surface area contributed by atoms with Gasteiger partial charge in [-0.2, -0.15) is 5.10 Å². The molecule has 2 atom stereocenters. The highest BCUT2D eigenvalue weighted by molar-refractivity contribution is 7.07. The first-order valence-electron chi connectivity index (χ1n) is 10.8. The van der Waals surface area contributed by atoms with E-state index in [-0.39, 0.29) is 17.8 Å². The third-order valence-corrected chi connectivity index (χ3v) is 6.88. The summed E-state index contributed by atoms with van der Waals surface area (Å²) in [5, 5.41) is 16.8. The number of nitrogens with zero attached hydrogens (tertiary/aromatic N) is 3. The van der Waals surface area contributed by atoms with Gasteiger partial charge in [0.2, 0.25) is 0 Å². The van der Waals surface area contributed by atoms with Crippen LogP contribution in [0.1, 0.15) is 53.7 Å². The molecular formula is C25H25N3O2S. The Morgan fingerprint density at radius 3 is 2.77 bits per heavy atom. The zero-order valence-corrected chi connectivity index (χ0v) is 18.1. The van der Waals surface area contributed by atoms with Crippen LogP contribution in [0.15, 0.2) is 59.6 Å². The summed E-state index contributed by atoms with van der Waals surface area (Å²) < 4.78 is 1.76. The van der Waals surface area contributed by atoms with E-state index in [2.05, 4.69) is 34.3 Å². The summed E-state index contributed by atoms with van der Waals surface area (Å²) in [7, 11) is 0. The van der Waals surface area contributed by atoms with E-state index < -0.39 is 0 Å². The van der Waals surface area contributed by atoms with Crippen LogP contribution >= 0.6 is 11.3 Å². The lowest BCUT2D eigenvalue weighted by Gasteiger charge is -2.26. The minimum Gasteiger partial charge on any atom is -0.393 e. The first kappa shape index (κ1) is 20.1. The largest absolute Gasteiger partial charge is 0.393 e. The molecule has 1 aliphatic carbocycles. The predicted octanol–water partition coefficient (Wildman–Crippen LogP) is 5.17. The van der Waals surface area contributed by atoms with Crippen LogP contribution in [0.5, 0.6) is 0 Å². The SMILES string of the molecule is O=C(C[C@H]1CCCC[C@@H]1O)c1cc(Cc2ccc(-c3cscn3)cc2)c2cccnn12. The van der Waals surface area contributed by atoms with Crippen molar-refractivity contribution in [3.63, 3.8) is 0 Å². The van der Waals surface area contributed by atoms with Crippen LogP contribution in [0.3, 0.4) is 0 Å². The number of benzene rings is 1. The van der Waals surface area contributed by atoms with Crippen LogP contribution in [0.2, 0.25) is 0 Å². The monoisotopic (exact) mass is 431 g/mol. The molecular weight excluding hydrogens is 406 g/mol. The number of rotatable bonds is 6. The highest BCUT2D eigenvalue weighted by Gasteiger charge is 2.27. The number of thiazole rings is 1. The molecule has 5 nitrogen and oxygen atoms in total. The molecule has 5 rings (SSSR count). The fourth-order valence-corrected chi connectivity index (χ4v) is 5.15.